The van der Waals surface area contributed by atoms with Gasteiger partial charge in [0, 0.05) is 7.11 Å². The van der Waals surface area contributed by atoms with Crippen LogP contribution in [-0.2, 0) is 9.53 Å². The molecular weight excluding hydrogens is 218 g/mol. The Hall–Kier alpha value is -1.39. The highest BCUT2D eigenvalue weighted by molar-refractivity contribution is 5.83. The van der Waals surface area contributed by atoms with Crippen LogP contribution >= 0.6 is 0 Å². The molecule has 0 saturated heterocycles. The summed E-state index contributed by atoms with van der Waals surface area (Å²) in [6, 6.07) is 9.34. The summed E-state index contributed by atoms with van der Waals surface area (Å²) in [7, 11) is 1.51. The van der Waals surface area contributed by atoms with Gasteiger partial charge in [-0.1, -0.05) is 30.3 Å². The van der Waals surface area contributed by atoms with Crippen LogP contribution in [0.2, 0.25) is 0 Å². The number of carbonyl (C=O) groups excluding carboxylic acids is 1. The second-order valence-corrected chi connectivity index (χ2v) is 4.45. The maximum atomic E-state index is 12.0. The summed E-state index contributed by atoms with van der Waals surface area (Å²) in [5.41, 5.74) is 0.420. The first-order valence-corrected chi connectivity index (χ1v) is 5.71. The number of amides is 1. The van der Waals surface area contributed by atoms with Gasteiger partial charge in [-0.05, 0) is 18.4 Å². The smallest absolute Gasteiger partial charge is 0.254 e. The molecular formula is C13H17NO3. The van der Waals surface area contributed by atoms with E-state index in [1.54, 1.807) is 0 Å². The zero-order valence-corrected chi connectivity index (χ0v) is 9.85. The number of aliphatic hydroxyl groups is 1. The van der Waals surface area contributed by atoms with Crippen molar-refractivity contribution < 1.29 is 14.6 Å². The molecule has 1 amide bonds. The van der Waals surface area contributed by atoms with Crippen molar-refractivity contribution >= 4 is 5.91 Å². The molecule has 4 heteroatoms. The van der Waals surface area contributed by atoms with Gasteiger partial charge < -0.3 is 15.2 Å². The number of methoxy groups -OCH3 is 1. The molecule has 0 heterocycles. The Labute approximate surface area is 101 Å². The fourth-order valence-electron chi connectivity index (χ4n) is 1.82. The summed E-state index contributed by atoms with van der Waals surface area (Å²) < 4.78 is 5.22. The lowest BCUT2D eigenvalue weighted by atomic mass is 10.1. The lowest BCUT2D eigenvalue weighted by Gasteiger charge is -2.20. The first-order chi connectivity index (χ1) is 8.21. The van der Waals surface area contributed by atoms with E-state index in [4.69, 9.17) is 4.74 Å². The van der Waals surface area contributed by atoms with E-state index in [0.29, 0.717) is 0 Å². The van der Waals surface area contributed by atoms with Crippen LogP contribution in [0.25, 0.3) is 0 Å². The maximum absolute atomic E-state index is 12.0. The monoisotopic (exact) mass is 235 g/mol. The molecule has 0 spiro atoms. The molecule has 2 N–H and O–H groups in total. The molecule has 1 aliphatic rings. The Morgan fingerprint density at radius 2 is 2.12 bits per heavy atom. The maximum Gasteiger partial charge on any atom is 0.254 e. The Morgan fingerprint density at radius 1 is 1.47 bits per heavy atom. The molecule has 4 nitrogen and oxygen atoms in total. The van der Waals surface area contributed by atoms with Crippen molar-refractivity contribution in [2.75, 3.05) is 13.7 Å². The molecule has 92 valence electrons. The molecule has 1 atom stereocenters. The first kappa shape index (κ1) is 12.1. The summed E-state index contributed by atoms with van der Waals surface area (Å²) in [5.74, 6) is -0.190. The standard InChI is InChI=1S/C13H17NO3/c1-17-11(10-5-3-2-4-6-10)12(16)14-13(9-15)7-8-13/h2-6,11,15H,7-9H2,1H3,(H,14,16). The Bertz CT molecular complexity index is 387. The molecule has 2 rings (SSSR count). The van der Waals surface area contributed by atoms with Gasteiger partial charge in [-0.25, -0.2) is 0 Å². The predicted octanol–water partition coefficient (Wildman–Crippen LogP) is 1.02. The Morgan fingerprint density at radius 3 is 2.59 bits per heavy atom. The zero-order chi connectivity index (χ0) is 12.3. The van der Waals surface area contributed by atoms with E-state index in [1.807, 2.05) is 30.3 Å². The van der Waals surface area contributed by atoms with E-state index in [9.17, 15) is 9.90 Å². The van der Waals surface area contributed by atoms with Crippen molar-refractivity contribution in [1.82, 2.24) is 5.32 Å². The van der Waals surface area contributed by atoms with E-state index in [2.05, 4.69) is 5.32 Å². The summed E-state index contributed by atoms with van der Waals surface area (Å²) in [5, 5.41) is 12.0. The van der Waals surface area contributed by atoms with Gasteiger partial charge in [0.1, 0.15) is 0 Å². The third kappa shape index (κ3) is 2.65. The van der Waals surface area contributed by atoms with Gasteiger partial charge in [0.15, 0.2) is 6.10 Å². The normalized spacial score (nSPS) is 18.5. The van der Waals surface area contributed by atoms with Crippen molar-refractivity contribution in [3.05, 3.63) is 35.9 Å². The third-order valence-electron chi connectivity index (χ3n) is 3.12. The molecule has 0 bridgehead atoms. The van der Waals surface area contributed by atoms with Crippen LogP contribution in [0.5, 0.6) is 0 Å². The van der Waals surface area contributed by atoms with Crippen molar-refractivity contribution in [2.45, 2.75) is 24.5 Å². The number of aliphatic hydroxyl groups excluding tert-OH is 1. The van der Waals surface area contributed by atoms with Gasteiger partial charge in [-0.15, -0.1) is 0 Å². The fourth-order valence-corrected chi connectivity index (χ4v) is 1.82. The summed E-state index contributed by atoms with van der Waals surface area (Å²) in [6.07, 6.45) is 1.06. The van der Waals surface area contributed by atoms with Crippen LogP contribution in [-0.4, -0.2) is 30.3 Å². The van der Waals surface area contributed by atoms with E-state index < -0.39 is 11.6 Å². The second kappa shape index (κ2) is 4.85. The number of nitrogens with one attached hydrogen (secondary N) is 1. The molecule has 1 unspecified atom stereocenters. The minimum absolute atomic E-state index is 0.00996. The van der Waals surface area contributed by atoms with Crippen LogP contribution < -0.4 is 5.32 Å². The van der Waals surface area contributed by atoms with Crippen LogP contribution in [0.1, 0.15) is 24.5 Å². The van der Waals surface area contributed by atoms with Crippen LogP contribution in [0.3, 0.4) is 0 Å². The SMILES string of the molecule is COC(C(=O)NC1(CO)CC1)c1ccccc1. The molecule has 1 fully saturated rings. The van der Waals surface area contributed by atoms with Crippen LogP contribution in [0, 0.1) is 0 Å². The molecule has 17 heavy (non-hydrogen) atoms. The van der Waals surface area contributed by atoms with Crippen molar-refractivity contribution in [2.24, 2.45) is 0 Å². The topological polar surface area (TPSA) is 58.6 Å². The fraction of sp³-hybridized carbons (Fsp3) is 0.462. The Kier molecular flexibility index (Phi) is 3.45. The van der Waals surface area contributed by atoms with Crippen LogP contribution in [0.4, 0.5) is 0 Å². The number of rotatable bonds is 5. The molecule has 1 saturated carbocycles. The third-order valence-corrected chi connectivity index (χ3v) is 3.12. The van der Waals surface area contributed by atoms with Crippen molar-refractivity contribution in [3.8, 4) is 0 Å². The summed E-state index contributed by atoms with van der Waals surface area (Å²) in [4.78, 5) is 12.0. The molecule has 1 aliphatic carbocycles. The van der Waals surface area contributed by atoms with Gasteiger partial charge in [-0.2, -0.15) is 0 Å². The molecule has 0 radical (unpaired) electrons. The van der Waals surface area contributed by atoms with E-state index >= 15 is 0 Å². The number of hydrogen-bond acceptors (Lipinski definition) is 3. The van der Waals surface area contributed by atoms with E-state index in [1.165, 1.54) is 7.11 Å². The second-order valence-electron chi connectivity index (χ2n) is 4.45. The molecule has 0 aromatic heterocycles. The molecule has 0 aliphatic heterocycles. The summed E-state index contributed by atoms with van der Waals surface area (Å²) in [6.45, 7) is -0.00996. The zero-order valence-electron chi connectivity index (χ0n) is 9.85. The van der Waals surface area contributed by atoms with Crippen molar-refractivity contribution in [1.29, 1.82) is 0 Å². The number of ether oxygens (including phenoxy) is 1. The van der Waals surface area contributed by atoms with E-state index in [-0.39, 0.29) is 12.5 Å². The number of carbonyl (C=O) groups is 1. The minimum Gasteiger partial charge on any atom is -0.394 e. The van der Waals surface area contributed by atoms with Gasteiger partial charge in [0.25, 0.3) is 5.91 Å². The highest BCUT2D eigenvalue weighted by atomic mass is 16.5. The van der Waals surface area contributed by atoms with Gasteiger partial charge in [0.05, 0.1) is 12.1 Å². The average molecular weight is 235 g/mol. The number of hydrogen-bond donors (Lipinski definition) is 2. The highest BCUT2D eigenvalue weighted by Gasteiger charge is 2.44. The minimum atomic E-state index is -0.611. The van der Waals surface area contributed by atoms with Gasteiger partial charge >= 0.3 is 0 Å². The summed E-state index contributed by atoms with van der Waals surface area (Å²) >= 11 is 0. The first-order valence-electron chi connectivity index (χ1n) is 5.71. The molecule has 1 aromatic rings. The number of benzene rings is 1. The predicted molar refractivity (Wildman–Crippen MR) is 63.4 cm³/mol. The lowest BCUT2D eigenvalue weighted by molar-refractivity contribution is -0.132. The largest absolute Gasteiger partial charge is 0.394 e. The van der Waals surface area contributed by atoms with Gasteiger partial charge in [0.2, 0.25) is 0 Å². The Balaban J connectivity index is 2.06. The van der Waals surface area contributed by atoms with Crippen molar-refractivity contribution in [3.63, 3.8) is 0 Å². The lowest BCUT2D eigenvalue weighted by Crippen LogP contribution is -2.42. The van der Waals surface area contributed by atoms with Gasteiger partial charge in [-0.3, -0.25) is 4.79 Å². The average Bonchev–Trinajstić information content (AvgIpc) is 3.12. The molecule has 1 aromatic carbocycles. The van der Waals surface area contributed by atoms with E-state index in [0.717, 1.165) is 18.4 Å². The quantitative estimate of drug-likeness (QED) is 0.801. The van der Waals surface area contributed by atoms with Crippen LogP contribution in [0.15, 0.2) is 30.3 Å². The highest BCUT2D eigenvalue weighted by Crippen LogP contribution is 2.35.